The number of nitro groups is 1. The van der Waals surface area contributed by atoms with E-state index in [2.05, 4.69) is 5.32 Å². The van der Waals surface area contributed by atoms with E-state index in [1.807, 2.05) is 25.3 Å². The van der Waals surface area contributed by atoms with Crippen LogP contribution in [0, 0.1) is 24.0 Å². The lowest BCUT2D eigenvalue weighted by molar-refractivity contribution is -0.384. The van der Waals surface area contributed by atoms with Gasteiger partial charge in [-0.1, -0.05) is 0 Å². The van der Waals surface area contributed by atoms with Crippen molar-refractivity contribution in [1.82, 2.24) is 4.57 Å². The maximum atomic E-state index is 12.7. The van der Waals surface area contributed by atoms with Crippen molar-refractivity contribution in [2.75, 3.05) is 25.1 Å². The largest absolute Gasteiger partial charge is 0.454 e. The summed E-state index contributed by atoms with van der Waals surface area (Å²) in [6.45, 7) is 7.12. The zero-order chi connectivity index (χ0) is 22.5. The summed E-state index contributed by atoms with van der Waals surface area (Å²) < 4.78 is 12.9. The van der Waals surface area contributed by atoms with E-state index in [-0.39, 0.29) is 23.1 Å². The fourth-order valence-electron chi connectivity index (χ4n) is 3.80. The van der Waals surface area contributed by atoms with Crippen LogP contribution in [-0.2, 0) is 16.0 Å². The number of benzene rings is 1. The van der Waals surface area contributed by atoms with E-state index < -0.39 is 17.5 Å². The Labute approximate surface area is 180 Å². The fourth-order valence-corrected chi connectivity index (χ4v) is 3.80. The SMILES string of the molecule is CCNc1ccc(C(=O)OCC(=O)c2cc(C)n(C[C@@H]3CCCO3)c2C)cc1[N+](=O)[O-]. The molecule has 1 aliphatic rings. The summed E-state index contributed by atoms with van der Waals surface area (Å²) in [6, 6.07) is 5.83. The van der Waals surface area contributed by atoms with Crippen LogP contribution in [0.4, 0.5) is 11.4 Å². The zero-order valence-corrected chi connectivity index (χ0v) is 18.0. The van der Waals surface area contributed by atoms with Gasteiger partial charge in [0.25, 0.3) is 5.69 Å². The van der Waals surface area contributed by atoms with E-state index >= 15 is 0 Å². The quantitative estimate of drug-likeness (QED) is 0.280. The van der Waals surface area contributed by atoms with Gasteiger partial charge in [-0.15, -0.1) is 0 Å². The van der Waals surface area contributed by atoms with E-state index in [0.717, 1.165) is 36.9 Å². The number of anilines is 1. The van der Waals surface area contributed by atoms with Crippen LogP contribution >= 0.6 is 0 Å². The summed E-state index contributed by atoms with van der Waals surface area (Å²) in [5.41, 5.74) is 2.36. The highest BCUT2D eigenvalue weighted by molar-refractivity contribution is 6.00. The minimum atomic E-state index is -0.785. The summed E-state index contributed by atoms with van der Waals surface area (Å²) in [5, 5.41) is 14.1. The zero-order valence-electron chi connectivity index (χ0n) is 18.0. The molecule has 0 aliphatic carbocycles. The third-order valence-electron chi connectivity index (χ3n) is 5.42. The summed E-state index contributed by atoms with van der Waals surface area (Å²) in [7, 11) is 0. The van der Waals surface area contributed by atoms with Crippen molar-refractivity contribution in [2.24, 2.45) is 0 Å². The van der Waals surface area contributed by atoms with Gasteiger partial charge in [0, 0.05) is 42.7 Å². The van der Waals surface area contributed by atoms with Gasteiger partial charge in [-0.3, -0.25) is 14.9 Å². The first kappa shape index (κ1) is 22.5. The third-order valence-corrected chi connectivity index (χ3v) is 5.42. The highest BCUT2D eigenvalue weighted by Gasteiger charge is 2.23. The molecule has 1 saturated heterocycles. The van der Waals surface area contributed by atoms with Crippen LogP contribution in [0.3, 0.4) is 0 Å². The number of carbonyl (C=O) groups is 2. The molecule has 31 heavy (non-hydrogen) atoms. The average molecular weight is 429 g/mol. The number of aromatic nitrogens is 1. The number of nitrogens with one attached hydrogen (secondary N) is 1. The number of esters is 1. The van der Waals surface area contributed by atoms with Crippen LogP contribution in [0.1, 0.15) is 51.9 Å². The number of ketones is 1. The molecule has 0 spiro atoms. The van der Waals surface area contributed by atoms with Crippen LogP contribution in [0.25, 0.3) is 0 Å². The molecule has 0 saturated carbocycles. The summed E-state index contributed by atoms with van der Waals surface area (Å²) >= 11 is 0. The topological polar surface area (TPSA) is 113 Å². The second-order valence-corrected chi connectivity index (χ2v) is 7.55. The Morgan fingerprint density at radius 1 is 1.32 bits per heavy atom. The molecule has 1 aliphatic heterocycles. The molecule has 0 bridgehead atoms. The molecule has 1 N–H and O–H groups in total. The minimum absolute atomic E-state index is 0.0185. The lowest BCUT2D eigenvalue weighted by Gasteiger charge is -2.14. The van der Waals surface area contributed by atoms with Crippen LogP contribution in [0.5, 0.6) is 0 Å². The molecule has 1 fully saturated rings. The van der Waals surface area contributed by atoms with Gasteiger partial charge in [-0.05, 0) is 51.8 Å². The van der Waals surface area contributed by atoms with Crippen LogP contribution in [0.2, 0.25) is 0 Å². The van der Waals surface area contributed by atoms with Gasteiger partial charge in [0.05, 0.1) is 16.6 Å². The molecular formula is C22H27N3O6. The average Bonchev–Trinajstić information content (AvgIpc) is 3.36. The number of hydrogen-bond acceptors (Lipinski definition) is 7. The van der Waals surface area contributed by atoms with Gasteiger partial charge in [-0.25, -0.2) is 4.79 Å². The lowest BCUT2D eigenvalue weighted by atomic mass is 10.1. The number of ether oxygens (including phenoxy) is 2. The van der Waals surface area contributed by atoms with E-state index in [1.54, 1.807) is 6.07 Å². The van der Waals surface area contributed by atoms with Gasteiger partial charge in [0.1, 0.15) is 5.69 Å². The van der Waals surface area contributed by atoms with Crippen molar-refractivity contribution < 1.29 is 24.0 Å². The maximum Gasteiger partial charge on any atom is 0.338 e. The fraction of sp³-hybridized carbons (Fsp3) is 0.455. The molecule has 0 unspecified atom stereocenters. The Hall–Kier alpha value is -3.20. The third kappa shape index (κ3) is 5.11. The maximum absolute atomic E-state index is 12.7. The Morgan fingerprint density at radius 3 is 2.74 bits per heavy atom. The molecule has 1 aromatic carbocycles. The Morgan fingerprint density at radius 2 is 2.10 bits per heavy atom. The molecule has 3 rings (SSSR count). The normalized spacial score (nSPS) is 15.6. The van der Waals surface area contributed by atoms with Crippen LogP contribution in [0.15, 0.2) is 24.3 Å². The Bertz CT molecular complexity index is 991. The summed E-state index contributed by atoms with van der Waals surface area (Å²) in [5.74, 6) is -1.11. The van der Waals surface area contributed by atoms with Crippen molar-refractivity contribution in [3.63, 3.8) is 0 Å². The first-order valence-electron chi connectivity index (χ1n) is 10.3. The molecule has 0 amide bonds. The van der Waals surface area contributed by atoms with Gasteiger partial charge < -0.3 is 19.4 Å². The van der Waals surface area contributed by atoms with Crippen LogP contribution in [-0.4, -0.2) is 47.1 Å². The molecular weight excluding hydrogens is 402 g/mol. The number of nitrogens with zero attached hydrogens (tertiary/aromatic N) is 2. The second kappa shape index (κ2) is 9.74. The highest BCUT2D eigenvalue weighted by Crippen LogP contribution is 2.26. The Kier molecular flexibility index (Phi) is 7.06. The smallest absolute Gasteiger partial charge is 0.338 e. The molecule has 9 nitrogen and oxygen atoms in total. The molecule has 9 heteroatoms. The summed E-state index contributed by atoms with van der Waals surface area (Å²) in [4.78, 5) is 35.8. The van der Waals surface area contributed by atoms with E-state index in [9.17, 15) is 19.7 Å². The molecule has 0 radical (unpaired) electrons. The van der Waals surface area contributed by atoms with Crippen molar-refractivity contribution >= 4 is 23.1 Å². The summed E-state index contributed by atoms with van der Waals surface area (Å²) in [6.07, 6.45) is 2.18. The van der Waals surface area contributed by atoms with Gasteiger partial charge >= 0.3 is 5.97 Å². The highest BCUT2D eigenvalue weighted by atomic mass is 16.6. The molecule has 1 aromatic heterocycles. The molecule has 1 atom stereocenters. The molecule has 2 heterocycles. The number of rotatable bonds is 9. The van der Waals surface area contributed by atoms with Crippen molar-refractivity contribution in [2.45, 2.75) is 46.3 Å². The lowest BCUT2D eigenvalue weighted by Crippen LogP contribution is -2.18. The number of carbonyl (C=O) groups excluding carboxylic acids is 2. The molecule has 2 aromatic rings. The molecule has 166 valence electrons. The van der Waals surface area contributed by atoms with Gasteiger partial charge in [0.2, 0.25) is 5.78 Å². The first-order chi connectivity index (χ1) is 14.8. The number of aryl methyl sites for hydroxylation is 1. The van der Waals surface area contributed by atoms with E-state index in [1.165, 1.54) is 12.1 Å². The van der Waals surface area contributed by atoms with Crippen molar-refractivity contribution in [3.8, 4) is 0 Å². The number of hydrogen-bond donors (Lipinski definition) is 1. The van der Waals surface area contributed by atoms with Crippen LogP contribution < -0.4 is 5.32 Å². The van der Waals surface area contributed by atoms with Crippen molar-refractivity contribution in [1.29, 1.82) is 0 Å². The first-order valence-corrected chi connectivity index (χ1v) is 10.3. The minimum Gasteiger partial charge on any atom is -0.454 e. The predicted octanol–water partition coefficient (Wildman–Crippen LogP) is 3.66. The van der Waals surface area contributed by atoms with Gasteiger partial charge in [-0.2, -0.15) is 0 Å². The monoisotopic (exact) mass is 429 g/mol. The Balaban J connectivity index is 1.67. The number of nitro benzene ring substituents is 1. The number of Topliss-reactive ketones (excluding diaryl/α,β-unsaturated/α-hetero) is 1. The van der Waals surface area contributed by atoms with E-state index in [4.69, 9.17) is 9.47 Å². The predicted molar refractivity (Wildman–Crippen MR) is 115 cm³/mol. The van der Waals surface area contributed by atoms with Gasteiger partial charge in [0.15, 0.2) is 6.61 Å². The second-order valence-electron chi connectivity index (χ2n) is 7.55. The standard InChI is InChI=1S/C22H27N3O6/c1-4-23-19-8-7-16(11-20(19)25(28)29)22(27)31-13-21(26)18-10-14(2)24(15(18)3)12-17-6-5-9-30-17/h7-8,10-11,17,23H,4-6,9,12-13H2,1-3H3/t17-/m0/s1. The van der Waals surface area contributed by atoms with E-state index in [0.29, 0.717) is 24.3 Å². The van der Waals surface area contributed by atoms with Crippen molar-refractivity contribution in [3.05, 3.63) is 56.9 Å².